The fourth-order valence-electron chi connectivity index (χ4n) is 2.03. The van der Waals surface area contributed by atoms with E-state index in [9.17, 15) is 4.79 Å². The number of nitrogen functional groups attached to an aromatic ring is 1. The molecule has 0 aliphatic carbocycles. The Kier molecular flexibility index (Phi) is 3.93. The Morgan fingerprint density at radius 3 is 2.70 bits per heavy atom. The Labute approximate surface area is 117 Å². The number of carbonyl (C=O) groups excluding carboxylic acids is 1. The number of hydrogen-bond acceptors (Lipinski definition) is 5. The average molecular weight is 275 g/mol. The van der Waals surface area contributed by atoms with Gasteiger partial charge in [-0.25, -0.2) is 9.78 Å². The molecule has 0 amide bonds. The predicted octanol–water partition coefficient (Wildman–Crippen LogP) is 1.62. The maximum Gasteiger partial charge on any atom is 0.360 e. The van der Waals surface area contributed by atoms with E-state index in [1.165, 1.54) is 7.11 Å². The van der Waals surface area contributed by atoms with Crippen molar-refractivity contribution in [2.45, 2.75) is 13.5 Å². The molecule has 0 bridgehead atoms. The van der Waals surface area contributed by atoms with Crippen molar-refractivity contribution in [3.8, 4) is 5.75 Å². The summed E-state index contributed by atoms with van der Waals surface area (Å²) in [6, 6.07) is 7.63. The van der Waals surface area contributed by atoms with Gasteiger partial charge in [-0.2, -0.15) is 0 Å². The molecule has 0 radical (unpaired) electrons. The lowest BCUT2D eigenvalue weighted by atomic mass is 10.2. The normalized spacial score (nSPS) is 10.3. The Morgan fingerprint density at radius 1 is 1.35 bits per heavy atom. The average Bonchev–Trinajstić information content (AvgIpc) is 2.75. The molecule has 1 aromatic carbocycles. The third kappa shape index (κ3) is 2.45. The molecule has 6 heteroatoms. The quantitative estimate of drug-likeness (QED) is 0.858. The molecule has 0 unspecified atom stereocenters. The van der Waals surface area contributed by atoms with Crippen LogP contribution in [0.5, 0.6) is 5.75 Å². The Morgan fingerprint density at radius 2 is 2.05 bits per heavy atom. The Bertz CT molecular complexity index is 635. The summed E-state index contributed by atoms with van der Waals surface area (Å²) in [5, 5.41) is 0. The van der Waals surface area contributed by atoms with Gasteiger partial charge in [0.15, 0.2) is 5.69 Å². The van der Waals surface area contributed by atoms with Crippen LogP contribution >= 0.6 is 0 Å². The summed E-state index contributed by atoms with van der Waals surface area (Å²) in [7, 11) is 2.92. The van der Waals surface area contributed by atoms with Gasteiger partial charge in [0.25, 0.3) is 0 Å². The summed E-state index contributed by atoms with van der Waals surface area (Å²) >= 11 is 0. The molecule has 0 spiro atoms. The number of rotatable bonds is 4. The van der Waals surface area contributed by atoms with Crippen LogP contribution in [0.4, 0.5) is 5.82 Å². The number of para-hydroxylation sites is 1. The molecule has 106 valence electrons. The fourth-order valence-corrected chi connectivity index (χ4v) is 2.03. The highest BCUT2D eigenvalue weighted by Crippen LogP contribution is 2.22. The van der Waals surface area contributed by atoms with Crippen molar-refractivity contribution in [1.29, 1.82) is 0 Å². The van der Waals surface area contributed by atoms with Crippen LogP contribution in [-0.4, -0.2) is 29.7 Å². The number of imidazole rings is 1. The lowest BCUT2D eigenvalue weighted by Gasteiger charge is -2.11. The molecular formula is C14H17N3O3. The molecule has 2 rings (SSSR count). The number of carbonyl (C=O) groups is 1. The molecule has 0 saturated carbocycles. The van der Waals surface area contributed by atoms with Gasteiger partial charge >= 0.3 is 5.97 Å². The van der Waals surface area contributed by atoms with Crippen molar-refractivity contribution < 1.29 is 14.3 Å². The molecule has 0 atom stereocenters. The van der Waals surface area contributed by atoms with Gasteiger partial charge < -0.3 is 19.8 Å². The number of aromatic nitrogens is 2. The molecule has 6 nitrogen and oxygen atoms in total. The van der Waals surface area contributed by atoms with Crippen molar-refractivity contribution in [2.75, 3.05) is 20.0 Å². The van der Waals surface area contributed by atoms with Crippen LogP contribution in [0.25, 0.3) is 0 Å². The van der Waals surface area contributed by atoms with Gasteiger partial charge in [0.1, 0.15) is 17.4 Å². The van der Waals surface area contributed by atoms with Crippen molar-refractivity contribution in [2.24, 2.45) is 0 Å². The molecule has 1 heterocycles. The number of esters is 1. The molecule has 20 heavy (non-hydrogen) atoms. The van der Waals surface area contributed by atoms with Gasteiger partial charge in [0.2, 0.25) is 0 Å². The van der Waals surface area contributed by atoms with Gasteiger partial charge in [0.05, 0.1) is 20.8 Å². The lowest BCUT2D eigenvalue weighted by Crippen LogP contribution is -2.10. The van der Waals surface area contributed by atoms with Crippen LogP contribution in [0.3, 0.4) is 0 Å². The molecule has 0 aliphatic rings. The van der Waals surface area contributed by atoms with Crippen LogP contribution in [0.15, 0.2) is 24.3 Å². The summed E-state index contributed by atoms with van der Waals surface area (Å²) in [6.45, 7) is 2.27. The maximum atomic E-state index is 11.6. The minimum absolute atomic E-state index is 0.139. The number of benzene rings is 1. The molecule has 0 saturated heterocycles. The number of hydrogen-bond donors (Lipinski definition) is 1. The molecular weight excluding hydrogens is 258 g/mol. The van der Waals surface area contributed by atoms with Crippen molar-refractivity contribution >= 4 is 11.8 Å². The largest absolute Gasteiger partial charge is 0.496 e. The highest BCUT2D eigenvalue weighted by molar-refractivity contribution is 5.92. The SMILES string of the molecule is COC(=O)c1nc(C)n(Cc2ccccc2OC)c1N. The third-order valence-corrected chi connectivity index (χ3v) is 3.10. The molecule has 0 fully saturated rings. The molecule has 2 aromatic rings. The number of ether oxygens (including phenoxy) is 2. The van der Waals surface area contributed by atoms with E-state index in [0.717, 1.165) is 11.3 Å². The first-order chi connectivity index (χ1) is 9.58. The highest BCUT2D eigenvalue weighted by Gasteiger charge is 2.19. The lowest BCUT2D eigenvalue weighted by molar-refractivity contribution is 0.0595. The van der Waals surface area contributed by atoms with Gasteiger partial charge in [0, 0.05) is 5.56 Å². The number of aryl methyl sites for hydroxylation is 1. The van der Waals surface area contributed by atoms with Crippen LogP contribution in [-0.2, 0) is 11.3 Å². The first kappa shape index (κ1) is 13.9. The Hall–Kier alpha value is -2.50. The Balaban J connectivity index is 2.39. The monoisotopic (exact) mass is 275 g/mol. The van der Waals surface area contributed by atoms with E-state index >= 15 is 0 Å². The van der Waals surface area contributed by atoms with E-state index in [0.29, 0.717) is 18.2 Å². The number of methoxy groups -OCH3 is 2. The number of anilines is 1. The van der Waals surface area contributed by atoms with Crippen LogP contribution in [0, 0.1) is 6.92 Å². The van der Waals surface area contributed by atoms with E-state index in [2.05, 4.69) is 9.72 Å². The zero-order valence-electron chi connectivity index (χ0n) is 11.7. The highest BCUT2D eigenvalue weighted by atomic mass is 16.5. The first-order valence-corrected chi connectivity index (χ1v) is 6.11. The summed E-state index contributed by atoms with van der Waals surface area (Å²) < 4.78 is 11.7. The van der Waals surface area contributed by atoms with E-state index in [1.807, 2.05) is 24.3 Å². The number of nitrogens with zero attached hydrogens (tertiary/aromatic N) is 2. The second-order valence-electron chi connectivity index (χ2n) is 4.28. The predicted molar refractivity (Wildman–Crippen MR) is 74.8 cm³/mol. The van der Waals surface area contributed by atoms with Crippen molar-refractivity contribution in [3.05, 3.63) is 41.3 Å². The smallest absolute Gasteiger partial charge is 0.360 e. The van der Waals surface area contributed by atoms with Crippen LogP contribution < -0.4 is 10.5 Å². The van der Waals surface area contributed by atoms with Gasteiger partial charge in [-0.3, -0.25) is 0 Å². The minimum atomic E-state index is -0.538. The zero-order chi connectivity index (χ0) is 14.7. The standard InChI is InChI=1S/C14H17N3O3/c1-9-16-12(14(18)20-3)13(15)17(9)8-10-6-4-5-7-11(10)19-2/h4-7H,8,15H2,1-3H3. The van der Waals surface area contributed by atoms with Crippen LogP contribution in [0.2, 0.25) is 0 Å². The minimum Gasteiger partial charge on any atom is -0.496 e. The van der Waals surface area contributed by atoms with Crippen molar-refractivity contribution in [3.63, 3.8) is 0 Å². The first-order valence-electron chi connectivity index (χ1n) is 6.11. The van der Waals surface area contributed by atoms with Crippen LogP contribution in [0.1, 0.15) is 21.9 Å². The maximum absolute atomic E-state index is 11.6. The third-order valence-electron chi connectivity index (χ3n) is 3.10. The summed E-state index contributed by atoms with van der Waals surface area (Å²) in [6.07, 6.45) is 0. The van der Waals surface area contributed by atoms with E-state index in [4.69, 9.17) is 10.5 Å². The van der Waals surface area contributed by atoms with E-state index in [1.54, 1.807) is 18.6 Å². The summed E-state index contributed by atoms with van der Waals surface area (Å²) in [4.78, 5) is 15.7. The summed E-state index contributed by atoms with van der Waals surface area (Å²) in [5.41, 5.74) is 7.07. The molecule has 1 aromatic heterocycles. The topological polar surface area (TPSA) is 79.4 Å². The van der Waals surface area contributed by atoms with Gasteiger partial charge in [-0.05, 0) is 13.0 Å². The second-order valence-corrected chi connectivity index (χ2v) is 4.28. The number of nitrogens with two attached hydrogens (primary N) is 1. The van der Waals surface area contributed by atoms with E-state index in [-0.39, 0.29) is 5.69 Å². The molecule has 2 N–H and O–H groups in total. The van der Waals surface area contributed by atoms with Crippen molar-refractivity contribution in [1.82, 2.24) is 9.55 Å². The second kappa shape index (κ2) is 5.64. The zero-order valence-corrected chi connectivity index (χ0v) is 11.7. The molecule has 0 aliphatic heterocycles. The fraction of sp³-hybridized carbons (Fsp3) is 0.286. The summed E-state index contributed by atoms with van der Waals surface area (Å²) in [5.74, 6) is 1.16. The van der Waals surface area contributed by atoms with E-state index < -0.39 is 5.97 Å². The van der Waals surface area contributed by atoms with Gasteiger partial charge in [-0.1, -0.05) is 18.2 Å². The van der Waals surface area contributed by atoms with Gasteiger partial charge in [-0.15, -0.1) is 0 Å².